The molecule has 0 bridgehead atoms. The molecule has 1 aromatic heterocycles. The van der Waals surface area contributed by atoms with Crippen LogP contribution in [-0.2, 0) is 0 Å². The van der Waals surface area contributed by atoms with E-state index < -0.39 is 11.6 Å². The minimum Gasteiger partial charge on any atom is -0.396 e. The number of anilines is 1. The quantitative estimate of drug-likeness (QED) is 0.729. The molecule has 0 unspecified atom stereocenters. The second kappa shape index (κ2) is 5.14. The lowest BCUT2D eigenvalue weighted by Crippen LogP contribution is -1.90. The van der Waals surface area contributed by atoms with Gasteiger partial charge in [-0.15, -0.1) is 0 Å². The van der Waals surface area contributed by atoms with Gasteiger partial charge in [-0.05, 0) is 36.4 Å². The first kappa shape index (κ1) is 13.5. The fraction of sp³-hybridized carbons (Fsp3) is 0. The molecule has 0 fully saturated rings. The van der Waals surface area contributed by atoms with Gasteiger partial charge in [0.1, 0.15) is 11.6 Å². The van der Waals surface area contributed by atoms with E-state index in [1.165, 1.54) is 30.3 Å². The molecule has 0 spiro atoms. The summed E-state index contributed by atoms with van der Waals surface area (Å²) in [5, 5.41) is 3.72. The van der Waals surface area contributed by atoms with Gasteiger partial charge in [-0.25, -0.2) is 8.78 Å². The second-order valence-electron chi connectivity index (χ2n) is 4.29. The van der Waals surface area contributed by atoms with E-state index >= 15 is 0 Å². The van der Waals surface area contributed by atoms with Crippen LogP contribution in [0.5, 0.6) is 0 Å². The van der Waals surface area contributed by atoms with Gasteiger partial charge in [0.2, 0.25) is 5.82 Å². The molecule has 0 saturated heterocycles. The molecule has 106 valence electrons. The zero-order chi connectivity index (χ0) is 15.0. The molecule has 0 saturated carbocycles. The minimum absolute atomic E-state index is 0.0313. The van der Waals surface area contributed by atoms with E-state index in [1.54, 1.807) is 6.07 Å². The van der Waals surface area contributed by atoms with Gasteiger partial charge >= 0.3 is 0 Å². The van der Waals surface area contributed by atoms with Gasteiger partial charge < -0.3 is 10.3 Å². The van der Waals surface area contributed by atoms with Crippen molar-refractivity contribution in [3.63, 3.8) is 0 Å². The van der Waals surface area contributed by atoms with Crippen molar-refractivity contribution in [1.82, 2.24) is 10.1 Å². The molecular formula is C14H8ClF2N3O. The Kier molecular flexibility index (Phi) is 3.31. The first-order valence-corrected chi connectivity index (χ1v) is 6.27. The number of nitrogens with zero attached hydrogens (tertiary/aromatic N) is 2. The lowest BCUT2D eigenvalue weighted by atomic mass is 10.2. The fourth-order valence-corrected chi connectivity index (χ4v) is 1.93. The van der Waals surface area contributed by atoms with Crippen molar-refractivity contribution in [2.45, 2.75) is 0 Å². The molecule has 2 aromatic carbocycles. The summed E-state index contributed by atoms with van der Waals surface area (Å²) in [5.41, 5.74) is 6.32. The molecule has 3 aromatic rings. The number of halogens is 3. The lowest BCUT2D eigenvalue weighted by Gasteiger charge is -1.98. The van der Waals surface area contributed by atoms with Crippen molar-refractivity contribution in [1.29, 1.82) is 0 Å². The number of rotatable bonds is 2. The summed E-state index contributed by atoms with van der Waals surface area (Å²) in [6.07, 6.45) is 0. The van der Waals surface area contributed by atoms with Gasteiger partial charge in [0.05, 0.1) is 10.7 Å². The Morgan fingerprint density at radius 3 is 2.48 bits per heavy atom. The van der Waals surface area contributed by atoms with Crippen molar-refractivity contribution in [2.75, 3.05) is 5.73 Å². The zero-order valence-corrected chi connectivity index (χ0v) is 11.2. The van der Waals surface area contributed by atoms with Gasteiger partial charge in [-0.1, -0.05) is 16.8 Å². The Balaban J connectivity index is 1.99. The Hall–Kier alpha value is -2.47. The van der Waals surface area contributed by atoms with Crippen molar-refractivity contribution < 1.29 is 13.3 Å². The fourth-order valence-electron chi connectivity index (χ4n) is 1.75. The summed E-state index contributed by atoms with van der Waals surface area (Å²) in [4.78, 5) is 4.13. The van der Waals surface area contributed by atoms with E-state index in [4.69, 9.17) is 21.9 Å². The van der Waals surface area contributed by atoms with Gasteiger partial charge in [-0.3, -0.25) is 0 Å². The summed E-state index contributed by atoms with van der Waals surface area (Å²) in [6.45, 7) is 0. The molecule has 7 heteroatoms. The topological polar surface area (TPSA) is 64.9 Å². The Morgan fingerprint density at radius 2 is 1.76 bits per heavy atom. The van der Waals surface area contributed by atoms with Crippen LogP contribution in [0.4, 0.5) is 14.5 Å². The smallest absolute Gasteiger partial charge is 0.258 e. The van der Waals surface area contributed by atoms with Gasteiger partial charge in [0, 0.05) is 11.1 Å². The number of nitrogen functional groups attached to an aromatic ring is 1. The van der Waals surface area contributed by atoms with E-state index in [0.717, 1.165) is 0 Å². The van der Waals surface area contributed by atoms with E-state index in [9.17, 15) is 8.78 Å². The third-order valence-electron chi connectivity index (χ3n) is 2.85. The van der Waals surface area contributed by atoms with Crippen molar-refractivity contribution in [3.05, 3.63) is 53.1 Å². The van der Waals surface area contributed by atoms with Crippen molar-refractivity contribution in [2.24, 2.45) is 0 Å². The van der Waals surface area contributed by atoms with Gasteiger partial charge in [0.25, 0.3) is 5.89 Å². The second-order valence-corrected chi connectivity index (χ2v) is 4.70. The molecule has 1 heterocycles. The molecule has 0 radical (unpaired) electrons. The predicted octanol–water partition coefficient (Wildman–Crippen LogP) is 3.92. The highest BCUT2D eigenvalue weighted by atomic mass is 35.5. The summed E-state index contributed by atoms with van der Waals surface area (Å²) in [7, 11) is 0. The standard InChI is InChI=1S/C14H8ClF2N3O/c15-9-5-7(1-3-10(9)16)13-19-14(21-20-13)8-2-4-12(18)11(17)6-8/h1-6H,18H2. The normalized spacial score (nSPS) is 10.8. The molecule has 4 nitrogen and oxygen atoms in total. The van der Waals surface area contributed by atoms with Crippen LogP contribution in [0, 0.1) is 11.6 Å². The first-order chi connectivity index (χ1) is 10.0. The molecule has 3 rings (SSSR count). The van der Waals surface area contributed by atoms with Crippen LogP contribution in [0.2, 0.25) is 5.02 Å². The Labute approximate surface area is 123 Å². The minimum atomic E-state index is -0.572. The average molecular weight is 308 g/mol. The number of hydrogen-bond donors (Lipinski definition) is 1. The highest BCUT2D eigenvalue weighted by molar-refractivity contribution is 6.31. The molecule has 0 aliphatic carbocycles. The Bertz CT molecular complexity index is 754. The van der Waals surface area contributed by atoms with Crippen LogP contribution in [0.25, 0.3) is 22.8 Å². The molecule has 2 N–H and O–H groups in total. The van der Waals surface area contributed by atoms with Crippen LogP contribution >= 0.6 is 11.6 Å². The third-order valence-corrected chi connectivity index (χ3v) is 3.14. The van der Waals surface area contributed by atoms with Crippen LogP contribution in [-0.4, -0.2) is 10.1 Å². The maximum absolute atomic E-state index is 13.4. The van der Waals surface area contributed by atoms with Crippen LogP contribution in [0.1, 0.15) is 0 Å². The number of hydrogen-bond acceptors (Lipinski definition) is 4. The highest BCUT2D eigenvalue weighted by Gasteiger charge is 2.13. The number of aromatic nitrogens is 2. The van der Waals surface area contributed by atoms with Crippen molar-refractivity contribution >= 4 is 17.3 Å². The molecule has 0 aliphatic rings. The van der Waals surface area contributed by atoms with E-state index in [-0.39, 0.29) is 22.4 Å². The van der Waals surface area contributed by atoms with E-state index in [0.29, 0.717) is 11.1 Å². The van der Waals surface area contributed by atoms with E-state index in [2.05, 4.69) is 10.1 Å². The zero-order valence-electron chi connectivity index (χ0n) is 10.5. The Morgan fingerprint density at radius 1 is 1.00 bits per heavy atom. The predicted molar refractivity (Wildman–Crippen MR) is 74.5 cm³/mol. The lowest BCUT2D eigenvalue weighted by molar-refractivity contribution is 0.432. The molecule has 21 heavy (non-hydrogen) atoms. The van der Waals surface area contributed by atoms with Gasteiger partial charge in [0.15, 0.2) is 0 Å². The summed E-state index contributed by atoms with van der Waals surface area (Å²) in [6, 6.07) is 8.23. The van der Waals surface area contributed by atoms with Crippen LogP contribution in [0.3, 0.4) is 0 Å². The summed E-state index contributed by atoms with van der Waals surface area (Å²) >= 11 is 5.70. The molecule has 0 aliphatic heterocycles. The SMILES string of the molecule is Nc1ccc(-c2nc(-c3ccc(F)c(Cl)c3)no2)cc1F. The largest absolute Gasteiger partial charge is 0.396 e. The van der Waals surface area contributed by atoms with E-state index in [1.807, 2.05) is 0 Å². The summed E-state index contributed by atoms with van der Waals surface area (Å²) in [5.74, 6) is -0.754. The molecular weight excluding hydrogens is 300 g/mol. The monoisotopic (exact) mass is 307 g/mol. The van der Waals surface area contributed by atoms with Crippen molar-refractivity contribution in [3.8, 4) is 22.8 Å². The summed E-state index contributed by atoms with van der Waals surface area (Å²) < 4.78 is 31.6. The van der Waals surface area contributed by atoms with Crippen LogP contribution in [0.15, 0.2) is 40.9 Å². The molecule has 0 amide bonds. The number of nitrogens with two attached hydrogens (primary N) is 1. The number of benzene rings is 2. The maximum atomic E-state index is 13.4. The highest BCUT2D eigenvalue weighted by Crippen LogP contribution is 2.26. The maximum Gasteiger partial charge on any atom is 0.258 e. The first-order valence-electron chi connectivity index (χ1n) is 5.89. The van der Waals surface area contributed by atoms with Crippen LogP contribution < -0.4 is 5.73 Å². The molecule has 0 atom stereocenters. The van der Waals surface area contributed by atoms with Gasteiger partial charge in [-0.2, -0.15) is 4.98 Å². The third kappa shape index (κ3) is 2.57. The average Bonchev–Trinajstić information content (AvgIpc) is 2.94.